The normalized spacial score (nSPS) is 13.0. The minimum Gasteiger partial charge on any atom is -0.365 e. The molecule has 0 aromatic carbocycles. The molecule has 0 radical (unpaired) electrons. The van der Waals surface area contributed by atoms with E-state index in [1.165, 1.54) is 10.4 Å². The molecule has 0 fully saturated rings. The summed E-state index contributed by atoms with van der Waals surface area (Å²) in [6.07, 6.45) is 4.88. The zero-order valence-electron chi connectivity index (χ0n) is 16.0. The number of carbonyl (C=O) groups is 1. The van der Waals surface area contributed by atoms with E-state index in [1.807, 2.05) is 17.5 Å². The number of thiophene rings is 1. The number of fused-ring (bicyclic) bond motifs is 2. The van der Waals surface area contributed by atoms with Crippen LogP contribution >= 0.6 is 11.3 Å². The van der Waals surface area contributed by atoms with E-state index >= 15 is 0 Å². The second kappa shape index (κ2) is 6.97. The van der Waals surface area contributed by atoms with Gasteiger partial charge in [0.2, 0.25) is 0 Å². The highest BCUT2D eigenvalue weighted by atomic mass is 32.1. The lowest BCUT2D eigenvalue weighted by Crippen LogP contribution is -2.12. The van der Waals surface area contributed by atoms with Crippen LogP contribution in [0.1, 0.15) is 38.6 Å². The van der Waals surface area contributed by atoms with Crippen LogP contribution in [0, 0.1) is 6.92 Å². The molecule has 7 nitrogen and oxygen atoms in total. The molecule has 146 valence electrons. The maximum atomic E-state index is 11.8. The Kier molecular flexibility index (Phi) is 4.28. The Labute approximate surface area is 171 Å². The van der Waals surface area contributed by atoms with E-state index in [2.05, 4.69) is 27.8 Å². The number of carbonyl (C=O) groups excluding carboxylic acids is 1. The summed E-state index contributed by atoms with van der Waals surface area (Å²) in [4.78, 5) is 27.4. The third-order valence-corrected chi connectivity index (χ3v) is 6.12. The standard InChI is InChI=1S/C21H20N6OS/c1-12-17(27-9-3-7-15(18(22)28)21(27)24-12)20-25-16-8-2-6-14(16)19(26-20)23-11-13-5-4-10-29-13/h3-5,7,9-10H,2,6,8,11H2,1H3,(H2,22,28)(H,23,25,26). The summed E-state index contributed by atoms with van der Waals surface area (Å²) in [5, 5.41) is 5.58. The van der Waals surface area contributed by atoms with E-state index in [-0.39, 0.29) is 0 Å². The van der Waals surface area contributed by atoms with Crippen LogP contribution in [0.2, 0.25) is 0 Å². The van der Waals surface area contributed by atoms with Crippen molar-refractivity contribution < 1.29 is 4.79 Å². The number of aromatic nitrogens is 4. The molecule has 8 heteroatoms. The second-order valence-corrected chi connectivity index (χ2v) is 8.17. The predicted molar refractivity (Wildman–Crippen MR) is 113 cm³/mol. The molecule has 29 heavy (non-hydrogen) atoms. The summed E-state index contributed by atoms with van der Waals surface area (Å²) in [7, 11) is 0. The minimum absolute atomic E-state index is 0.388. The van der Waals surface area contributed by atoms with Crippen LogP contribution in [0.5, 0.6) is 0 Å². The Bertz CT molecular complexity index is 1230. The molecule has 1 amide bonds. The number of pyridine rings is 1. The van der Waals surface area contributed by atoms with Gasteiger partial charge in [0, 0.05) is 22.3 Å². The zero-order valence-corrected chi connectivity index (χ0v) is 16.8. The Morgan fingerprint density at radius 2 is 2.14 bits per heavy atom. The van der Waals surface area contributed by atoms with Crippen LogP contribution < -0.4 is 11.1 Å². The number of imidazole rings is 1. The van der Waals surface area contributed by atoms with Gasteiger partial charge in [0.05, 0.1) is 17.8 Å². The molecule has 0 saturated heterocycles. The van der Waals surface area contributed by atoms with Crippen LogP contribution in [-0.2, 0) is 19.4 Å². The number of nitrogens with two attached hydrogens (primary N) is 1. The fraction of sp³-hybridized carbons (Fsp3) is 0.238. The molecule has 3 N–H and O–H groups in total. The maximum absolute atomic E-state index is 11.8. The van der Waals surface area contributed by atoms with Gasteiger partial charge in [-0.25, -0.2) is 15.0 Å². The van der Waals surface area contributed by atoms with Crippen molar-refractivity contribution in [3.63, 3.8) is 0 Å². The number of primary amides is 1. The number of hydrogen-bond acceptors (Lipinski definition) is 6. The SMILES string of the molecule is Cc1nc2c(C(N)=O)cccn2c1-c1nc2c(c(NCc3cccs3)n1)CCC2. The Hall–Kier alpha value is -3.26. The van der Waals surface area contributed by atoms with Crippen LogP contribution in [0.4, 0.5) is 5.82 Å². The van der Waals surface area contributed by atoms with Crippen LogP contribution in [-0.4, -0.2) is 25.3 Å². The first-order valence-electron chi connectivity index (χ1n) is 9.55. The van der Waals surface area contributed by atoms with Gasteiger partial charge in [0.15, 0.2) is 5.82 Å². The quantitative estimate of drug-likeness (QED) is 0.531. The third-order valence-electron chi connectivity index (χ3n) is 5.24. The lowest BCUT2D eigenvalue weighted by Gasteiger charge is -2.12. The van der Waals surface area contributed by atoms with Crippen molar-refractivity contribution in [3.8, 4) is 11.5 Å². The molecule has 1 aliphatic rings. The first-order valence-corrected chi connectivity index (χ1v) is 10.4. The largest absolute Gasteiger partial charge is 0.365 e. The van der Waals surface area contributed by atoms with Gasteiger partial charge in [0.25, 0.3) is 5.91 Å². The van der Waals surface area contributed by atoms with Gasteiger partial charge >= 0.3 is 0 Å². The zero-order chi connectivity index (χ0) is 20.0. The molecule has 4 heterocycles. The van der Waals surface area contributed by atoms with Gasteiger partial charge in [-0.3, -0.25) is 9.20 Å². The summed E-state index contributed by atoms with van der Waals surface area (Å²) < 4.78 is 1.86. The van der Waals surface area contributed by atoms with Crippen LogP contribution in [0.25, 0.3) is 17.2 Å². The van der Waals surface area contributed by atoms with Gasteiger partial charge in [-0.1, -0.05) is 6.07 Å². The molecule has 4 aromatic rings. The van der Waals surface area contributed by atoms with Crippen molar-refractivity contribution in [2.75, 3.05) is 5.32 Å². The molecule has 5 rings (SSSR count). The van der Waals surface area contributed by atoms with E-state index in [1.54, 1.807) is 23.5 Å². The number of hydrogen-bond donors (Lipinski definition) is 2. The molecule has 1 aliphatic carbocycles. The summed E-state index contributed by atoms with van der Waals surface area (Å²) >= 11 is 1.72. The van der Waals surface area contributed by atoms with Gasteiger partial charge < -0.3 is 11.1 Å². The number of nitrogens with zero attached hydrogens (tertiary/aromatic N) is 4. The number of nitrogens with one attached hydrogen (secondary N) is 1. The summed E-state index contributed by atoms with van der Waals surface area (Å²) in [6, 6.07) is 7.64. The van der Waals surface area contributed by atoms with E-state index in [9.17, 15) is 4.79 Å². The molecular weight excluding hydrogens is 384 g/mol. The fourth-order valence-electron chi connectivity index (χ4n) is 3.91. The summed E-state index contributed by atoms with van der Waals surface area (Å²) in [5.41, 5.74) is 10.3. The Morgan fingerprint density at radius 1 is 1.24 bits per heavy atom. The van der Waals surface area contributed by atoms with E-state index in [0.29, 0.717) is 17.0 Å². The fourth-order valence-corrected chi connectivity index (χ4v) is 4.56. The molecule has 0 spiro atoms. The first kappa shape index (κ1) is 17.8. The molecular formula is C21H20N6OS. The Balaban J connectivity index is 1.63. The van der Waals surface area contributed by atoms with Crippen LogP contribution in [0.15, 0.2) is 35.8 Å². The maximum Gasteiger partial charge on any atom is 0.252 e. The van der Waals surface area contributed by atoms with Crippen molar-refractivity contribution in [2.45, 2.75) is 32.7 Å². The summed E-state index contributed by atoms with van der Waals surface area (Å²) in [6.45, 7) is 2.64. The van der Waals surface area contributed by atoms with Gasteiger partial charge in [-0.05, 0) is 49.8 Å². The highest BCUT2D eigenvalue weighted by Crippen LogP contribution is 2.31. The lowest BCUT2D eigenvalue weighted by molar-refractivity contribution is 0.100. The van der Waals surface area contributed by atoms with Crippen molar-refractivity contribution in [3.05, 3.63) is 63.2 Å². The molecule has 0 atom stereocenters. The van der Waals surface area contributed by atoms with Crippen molar-refractivity contribution in [1.29, 1.82) is 0 Å². The third kappa shape index (κ3) is 3.05. The van der Waals surface area contributed by atoms with Crippen LogP contribution in [0.3, 0.4) is 0 Å². The topological polar surface area (TPSA) is 98.2 Å². The van der Waals surface area contributed by atoms with Crippen molar-refractivity contribution in [1.82, 2.24) is 19.4 Å². The van der Waals surface area contributed by atoms with E-state index in [0.717, 1.165) is 48.7 Å². The van der Waals surface area contributed by atoms with Crippen molar-refractivity contribution >= 4 is 28.7 Å². The van der Waals surface area contributed by atoms with Gasteiger partial charge in [-0.15, -0.1) is 11.3 Å². The molecule has 0 unspecified atom stereocenters. The van der Waals surface area contributed by atoms with Crippen molar-refractivity contribution in [2.24, 2.45) is 5.73 Å². The van der Waals surface area contributed by atoms with E-state index < -0.39 is 5.91 Å². The van der Waals surface area contributed by atoms with E-state index in [4.69, 9.17) is 15.7 Å². The molecule has 0 bridgehead atoms. The molecule has 4 aromatic heterocycles. The first-order chi connectivity index (χ1) is 14.1. The molecule has 0 saturated carbocycles. The lowest BCUT2D eigenvalue weighted by atomic mass is 10.2. The average Bonchev–Trinajstić information content (AvgIpc) is 3.44. The number of anilines is 1. The Morgan fingerprint density at radius 3 is 2.93 bits per heavy atom. The highest BCUT2D eigenvalue weighted by Gasteiger charge is 2.23. The minimum atomic E-state index is -0.500. The molecule has 0 aliphatic heterocycles. The smallest absolute Gasteiger partial charge is 0.252 e. The summed E-state index contributed by atoms with van der Waals surface area (Å²) in [5.74, 6) is 1.00. The number of amides is 1. The number of aryl methyl sites for hydroxylation is 2. The average molecular weight is 404 g/mol. The van der Waals surface area contributed by atoms with Gasteiger partial charge in [0.1, 0.15) is 17.2 Å². The monoisotopic (exact) mass is 404 g/mol. The highest BCUT2D eigenvalue weighted by molar-refractivity contribution is 7.09. The number of rotatable bonds is 5. The predicted octanol–water partition coefficient (Wildman–Crippen LogP) is 3.36. The van der Waals surface area contributed by atoms with Gasteiger partial charge in [-0.2, -0.15) is 0 Å². The second-order valence-electron chi connectivity index (χ2n) is 7.13.